The molecule has 3 N–H and O–H groups in total. The van der Waals surface area contributed by atoms with Crippen molar-refractivity contribution in [3.05, 3.63) is 23.8 Å². The summed E-state index contributed by atoms with van der Waals surface area (Å²) in [5.41, 5.74) is 3.60. The molecule has 1 rings (SSSR count). The average molecular weight is 166 g/mol. The van der Waals surface area contributed by atoms with Crippen molar-refractivity contribution in [1.29, 1.82) is 0 Å². The van der Waals surface area contributed by atoms with Crippen LogP contribution in [-0.2, 0) is 0 Å². The highest BCUT2D eigenvalue weighted by Crippen LogP contribution is 2.23. The molecule has 4 heteroatoms. The fourth-order valence-electron chi connectivity index (χ4n) is 0.912. The van der Waals surface area contributed by atoms with Crippen molar-refractivity contribution in [2.75, 3.05) is 12.5 Å². The van der Waals surface area contributed by atoms with Gasteiger partial charge in [0.15, 0.2) is 0 Å². The third-order valence-corrected chi connectivity index (χ3v) is 1.52. The van der Waals surface area contributed by atoms with Gasteiger partial charge in [-0.25, -0.2) is 0 Å². The van der Waals surface area contributed by atoms with E-state index in [2.05, 4.69) is 5.43 Å². The predicted molar refractivity (Wildman–Crippen MR) is 46.2 cm³/mol. The maximum atomic E-state index is 10.4. The first kappa shape index (κ1) is 8.55. The molecule has 4 nitrogen and oxygen atoms in total. The Kier molecular flexibility index (Phi) is 2.66. The number of carbonyl (C=O) groups is 1. The second-order valence-electron chi connectivity index (χ2n) is 2.22. The number of methoxy groups -OCH3 is 1. The lowest BCUT2D eigenvalue weighted by Gasteiger charge is -2.06. The topological polar surface area (TPSA) is 64.3 Å². The summed E-state index contributed by atoms with van der Waals surface area (Å²) in [5.74, 6) is 5.82. The van der Waals surface area contributed by atoms with Crippen LogP contribution in [0.3, 0.4) is 0 Å². The predicted octanol–water partition coefficient (Wildman–Crippen LogP) is 0.793. The van der Waals surface area contributed by atoms with E-state index in [9.17, 15) is 4.79 Å². The number of nitrogen functional groups attached to an aromatic ring is 1. The normalized spacial score (nSPS) is 9.17. The van der Waals surface area contributed by atoms with Gasteiger partial charge in [0.1, 0.15) is 12.0 Å². The van der Waals surface area contributed by atoms with E-state index in [0.29, 0.717) is 17.0 Å². The molecule has 0 aromatic heterocycles. The lowest BCUT2D eigenvalue weighted by molar-refractivity contribution is 0.112. The maximum Gasteiger partial charge on any atom is 0.150 e. The largest absolute Gasteiger partial charge is 0.495 e. The van der Waals surface area contributed by atoms with Crippen LogP contribution in [0, 0.1) is 0 Å². The number of nitrogens with two attached hydrogens (primary N) is 1. The zero-order chi connectivity index (χ0) is 8.97. The fourth-order valence-corrected chi connectivity index (χ4v) is 0.912. The zero-order valence-electron chi connectivity index (χ0n) is 6.70. The molecule has 0 aliphatic rings. The van der Waals surface area contributed by atoms with Crippen molar-refractivity contribution < 1.29 is 9.53 Å². The molecule has 0 atom stereocenters. The molecule has 0 radical (unpaired) electrons. The van der Waals surface area contributed by atoms with E-state index in [4.69, 9.17) is 10.6 Å². The summed E-state index contributed by atoms with van der Waals surface area (Å²) in [4.78, 5) is 10.4. The number of hydrogen-bond acceptors (Lipinski definition) is 4. The van der Waals surface area contributed by atoms with E-state index in [0.717, 1.165) is 6.29 Å². The van der Waals surface area contributed by atoms with Crippen molar-refractivity contribution >= 4 is 12.0 Å². The zero-order valence-corrected chi connectivity index (χ0v) is 6.70. The Balaban J connectivity index is 3.10. The van der Waals surface area contributed by atoms with Crippen LogP contribution < -0.4 is 16.0 Å². The lowest BCUT2D eigenvalue weighted by Crippen LogP contribution is -2.08. The van der Waals surface area contributed by atoms with Crippen LogP contribution in [0.5, 0.6) is 5.75 Å². The minimum Gasteiger partial charge on any atom is -0.495 e. The first-order chi connectivity index (χ1) is 5.81. The van der Waals surface area contributed by atoms with E-state index in [-0.39, 0.29) is 0 Å². The van der Waals surface area contributed by atoms with Crippen LogP contribution in [0.2, 0.25) is 0 Å². The molecule has 0 spiro atoms. The molecule has 64 valence electrons. The second kappa shape index (κ2) is 3.73. The van der Waals surface area contributed by atoms with Crippen LogP contribution in [0.15, 0.2) is 18.2 Å². The van der Waals surface area contributed by atoms with Gasteiger partial charge in [-0.3, -0.25) is 10.6 Å². The van der Waals surface area contributed by atoms with E-state index in [1.165, 1.54) is 7.11 Å². The number of carbonyl (C=O) groups excluding carboxylic acids is 1. The number of benzene rings is 1. The molecule has 1 aromatic carbocycles. The number of aldehydes is 1. The minimum atomic E-state index is 0.559. The fraction of sp³-hybridized carbons (Fsp3) is 0.125. The Bertz CT molecular complexity index is 286. The van der Waals surface area contributed by atoms with Gasteiger partial charge in [-0.15, -0.1) is 0 Å². The van der Waals surface area contributed by atoms with Crippen molar-refractivity contribution in [3.8, 4) is 5.75 Å². The van der Waals surface area contributed by atoms with Crippen LogP contribution >= 0.6 is 0 Å². The van der Waals surface area contributed by atoms with E-state index in [1.807, 2.05) is 0 Å². The smallest absolute Gasteiger partial charge is 0.150 e. The molecular weight excluding hydrogens is 156 g/mol. The molecule has 0 unspecified atom stereocenters. The Hall–Kier alpha value is -1.55. The highest BCUT2D eigenvalue weighted by molar-refractivity contribution is 5.78. The van der Waals surface area contributed by atoms with Crippen LogP contribution in [0.4, 0.5) is 5.69 Å². The van der Waals surface area contributed by atoms with Crippen molar-refractivity contribution in [2.45, 2.75) is 0 Å². The molecule has 0 amide bonds. The van der Waals surface area contributed by atoms with E-state index < -0.39 is 0 Å². The molecule has 0 saturated carbocycles. The lowest BCUT2D eigenvalue weighted by atomic mass is 10.2. The molecular formula is C8H10N2O2. The summed E-state index contributed by atoms with van der Waals surface area (Å²) in [6.07, 6.45) is 0.750. The van der Waals surface area contributed by atoms with Gasteiger partial charge in [-0.2, -0.15) is 0 Å². The number of anilines is 1. The Morgan fingerprint density at radius 3 is 2.83 bits per heavy atom. The van der Waals surface area contributed by atoms with Crippen molar-refractivity contribution in [3.63, 3.8) is 0 Å². The molecule has 1 aromatic rings. The summed E-state index contributed by atoms with van der Waals surface area (Å²) in [5, 5.41) is 0. The van der Waals surface area contributed by atoms with Crippen LogP contribution in [-0.4, -0.2) is 13.4 Å². The molecule has 0 aliphatic heterocycles. The van der Waals surface area contributed by atoms with Gasteiger partial charge in [0.25, 0.3) is 0 Å². The molecule has 0 bridgehead atoms. The number of ether oxygens (including phenoxy) is 1. The number of rotatable bonds is 3. The Morgan fingerprint density at radius 2 is 2.33 bits per heavy atom. The maximum absolute atomic E-state index is 10.4. The van der Waals surface area contributed by atoms with Crippen LogP contribution in [0.1, 0.15) is 10.4 Å². The van der Waals surface area contributed by atoms with Crippen molar-refractivity contribution in [2.24, 2.45) is 5.84 Å². The van der Waals surface area contributed by atoms with Gasteiger partial charge in [0.2, 0.25) is 0 Å². The van der Waals surface area contributed by atoms with E-state index >= 15 is 0 Å². The molecule has 0 saturated heterocycles. The van der Waals surface area contributed by atoms with Gasteiger partial charge in [0.05, 0.1) is 12.8 Å². The average Bonchev–Trinajstić information content (AvgIpc) is 2.16. The van der Waals surface area contributed by atoms with Crippen molar-refractivity contribution in [1.82, 2.24) is 0 Å². The Morgan fingerprint density at radius 1 is 1.58 bits per heavy atom. The molecule has 0 heterocycles. The highest BCUT2D eigenvalue weighted by atomic mass is 16.5. The number of hydrogen-bond donors (Lipinski definition) is 2. The number of hydrazine groups is 1. The van der Waals surface area contributed by atoms with Crippen LogP contribution in [0.25, 0.3) is 0 Å². The first-order valence-corrected chi connectivity index (χ1v) is 3.41. The second-order valence-corrected chi connectivity index (χ2v) is 2.22. The van der Waals surface area contributed by atoms with Gasteiger partial charge in [0, 0.05) is 5.56 Å². The summed E-state index contributed by atoms with van der Waals surface area (Å²) < 4.78 is 4.98. The van der Waals surface area contributed by atoms with Gasteiger partial charge in [-0.1, -0.05) is 0 Å². The minimum absolute atomic E-state index is 0.559. The summed E-state index contributed by atoms with van der Waals surface area (Å²) >= 11 is 0. The standard InChI is InChI=1S/C8H10N2O2/c1-12-8-3-2-6(5-11)4-7(8)10-9/h2-5,10H,9H2,1H3. The SMILES string of the molecule is COc1ccc(C=O)cc1NN. The van der Waals surface area contributed by atoms with E-state index in [1.54, 1.807) is 18.2 Å². The van der Waals surface area contributed by atoms with Gasteiger partial charge >= 0.3 is 0 Å². The van der Waals surface area contributed by atoms with Gasteiger partial charge < -0.3 is 10.2 Å². The quantitative estimate of drug-likeness (QED) is 0.396. The molecule has 12 heavy (non-hydrogen) atoms. The summed E-state index contributed by atoms with van der Waals surface area (Å²) in [7, 11) is 1.54. The molecule has 0 fully saturated rings. The molecule has 0 aliphatic carbocycles. The summed E-state index contributed by atoms with van der Waals surface area (Å²) in [6.45, 7) is 0. The van der Waals surface area contributed by atoms with Gasteiger partial charge in [-0.05, 0) is 18.2 Å². The number of nitrogens with one attached hydrogen (secondary N) is 1. The highest BCUT2D eigenvalue weighted by Gasteiger charge is 2.01. The monoisotopic (exact) mass is 166 g/mol. The third-order valence-electron chi connectivity index (χ3n) is 1.52. The summed E-state index contributed by atoms with van der Waals surface area (Å²) in [6, 6.07) is 4.96. The third kappa shape index (κ3) is 1.54. The Labute approximate surface area is 70.3 Å². The first-order valence-electron chi connectivity index (χ1n) is 3.41.